The van der Waals surface area contributed by atoms with Gasteiger partial charge in [0.2, 0.25) is 0 Å². The van der Waals surface area contributed by atoms with E-state index in [0.29, 0.717) is 12.0 Å². The summed E-state index contributed by atoms with van der Waals surface area (Å²) in [6, 6.07) is 6.82. The zero-order valence-corrected chi connectivity index (χ0v) is 42.0. The molecule has 13 nitrogen and oxygen atoms in total. The van der Waals surface area contributed by atoms with Crippen LogP contribution < -0.4 is 5.32 Å². The number of fused-ring (bicyclic) bond motifs is 5. The average molecular weight is 1180 g/mol. The van der Waals surface area contributed by atoms with Crippen LogP contribution in [0, 0.1) is 105 Å². The summed E-state index contributed by atoms with van der Waals surface area (Å²) in [5.41, 5.74) is -6.54. The molecule has 1 unspecified atom stereocenters. The van der Waals surface area contributed by atoms with Gasteiger partial charge in [0.05, 0.1) is 24.3 Å². The van der Waals surface area contributed by atoms with Gasteiger partial charge in [-0.05, 0) is 77.7 Å². The number of nitrogens with one attached hydrogen (secondary N) is 1. The minimum Gasteiger partial charge on any atom is -0.456 e. The number of ketones is 1. The Morgan fingerprint density at radius 3 is 2.19 bits per heavy atom. The predicted octanol–water partition coefficient (Wildman–Crippen LogP) is 3.31. The molecule has 2 radical (unpaired) electrons. The fourth-order valence-electron chi connectivity index (χ4n) is 8.77. The molecule has 292 valence electrons. The van der Waals surface area contributed by atoms with Gasteiger partial charge in [-0.15, -0.1) is 0 Å². The van der Waals surface area contributed by atoms with Gasteiger partial charge in [-0.25, -0.2) is 14.4 Å². The standard InChI is InChI=1S/C39H53NO12.2Ac/c1-20(2)17-23(40-34(46)52-35(4,5)6)27(41)33(45)50-24-18-39(48)31(51-32(44)22-13-11-10-12-14-22)29-37(9,16-15-25-38(29,47)19-49-25)30(43)28(42)26(21(24)3)36(39,7)8;;/h10-14,17,23-25,27-29,31,41-42,47-48H,15-16,18-19H2,1-9H3,(H,40,46);;/t23-,24?,25+,27+,28+,29-,31-,37+,38-,39+;;/m0../s1. The predicted molar refractivity (Wildman–Crippen MR) is 187 cm³/mol. The van der Waals surface area contributed by atoms with Gasteiger partial charge in [-0.1, -0.05) is 50.6 Å². The number of rotatable bonds is 7. The molecule has 1 aliphatic heterocycles. The SMILES string of the molecule is CC(C)=C[C@H](NC(=O)OC(C)(C)C)[C@@H](O)C(=O)OC1C[C@@]2(O)[C@@H](OC(=O)c3ccccc3)[C@@H]3[C@]4(O)CO[C@@H]4CC[C@@]3(C)C(=O)[C@H](O)C(=C1C)C2(C)C.[Ac].[Ac]. The van der Waals surface area contributed by atoms with Crippen molar-refractivity contribution in [3.8, 4) is 0 Å². The summed E-state index contributed by atoms with van der Waals surface area (Å²) in [5, 5.41) is 51.1. The van der Waals surface area contributed by atoms with Crippen molar-refractivity contribution in [2.45, 2.75) is 135 Å². The van der Waals surface area contributed by atoms with E-state index in [1.165, 1.54) is 18.2 Å². The van der Waals surface area contributed by atoms with E-state index in [0.717, 1.165) is 0 Å². The number of alkyl carbamates (subject to hydrolysis) is 1. The third-order valence-electron chi connectivity index (χ3n) is 11.5. The van der Waals surface area contributed by atoms with E-state index in [2.05, 4.69) is 5.32 Å². The molecular weight excluding hydrogens is 1130 g/mol. The molecule has 1 amide bonds. The molecule has 2 bridgehead atoms. The Kier molecular flexibility index (Phi) is 15.2. The van der Waals surface area contributed by atoms with Gasteiger partial charge in [-0.2, -0.15) is 0 Å². The van der Waals surface area contributed by atoms with Gasteiger partial charge in [0.15, 0.2) is 11.9 Å². The molecule has 1 heterocycles. The van der Waals surface area contributed by atoms with Crippen LogP contribution in [0.3, 0.4) is 0 Å². The van der Waals surface area contributed by atoms with Crippen molar-refractivity contribution in [1.82, 2.24) is 5.32 Å². The summed E-state index contributed by atoms with van der Waals surface area (Å²) in [6.07, 6.45) is -6.72. The second kappa shape index (κ2) is 17.2. The van der Waals surface area contributed by atoms with Gasteiger partial charge in [-0.3, -0.25) is 4.79 Å². The molecule has 0 spiro atoms. The Labute approximate surface area is 388 Å². The maximum Gasteiger partial charge on any atom is 0.408 e. The fourth-order valence-corrected chi connectivity index (χ4v) is 8.77. The summed E-state index contributed by atoms with van der Waals surface area (Å²) >= 11 is 0. The number of aliphatic hydroxyl groups excluding tert-OH is 2. The Bertz CT molecular complexity index is 1670. The zero-order chi connectivity index (χ0) is 38.8. The molecule has 3 fully saturated rings. The molecule has 2 saturated carbocycles. The number of esters is 2. The van der Waals surface area contributed by atoms with Crippen LogP contribution in [-0.2, 0) is 28.5 Å². The molecule has 0 aromatic heterocycles. The molecule has 1 saturated heterocycles. The number of hydrogen-bond acceptors (Lipinski definition) is 12. The van der Waals surface area contributed by atoms with Crippen LogP contribution in [0.5, 0.6) is 0 Å². The molecule has 1 aromatic rings. The number of allylic oxidation sites excluding steroid dienone is 1. The van der Waals surface area contributed by atoms with Crippen LogP contribution in [-0.4, -0.2) is 104 Å². The summed E-state index contributed by atoms with van der Waals surface area (Å²) in [5.74, 6) is -3.87. The van der Waals surface area contributed by atoms with Crippen LogP contribution >= 0.6 is 0 Å². The molecule has 5 N–H and O–H groups in total. The van der Waals surface area contributed by atoms with Crippen molar-refractivity contribution >= 4 is 23.8 Å². The number of amides is 1. The summed E-state index contributed by atoms with van der Waals surface area (Å²) in [7, 11) is 0. The quantitative estimate of drug-likeness (QED) is 0.152. The minimum absolute atomic E-state index is 0. The van der Waals surface area contributed by atoms with Crippen molar-refractivity contribution < 1.29 is 147 Å². The average Bonchev–Trinajstić information content (AvgIpc) is 3.03. The Morgan fingerprint density at radius 2 is 1.65 bits per heavy atom. The first kappa shape index (κ1) is 47.6. The topological polar surface area (TPSA) is 198 Å². The van der Waals surface area contributed by atoms with Crippen molar-refractivity contribution in [1.29, 1.82) is 0 Å². The number of ether oxygens (including phenoxy) is 4. The van der Waals surface area contributed by atoms with Gasteiger partial charge >= 0.3 is 18.0 Å². The van der Waals surface area contributed by atoms with Crippen LogP contribution in [0.15, 0.2) is 53.1 Å². The van der Waals surface area contributed by atoms with Crippen molar-refractivity contribution in [3.63, 3.8) is 0 Å². The number of Topliss-reactive ketones (excluding diaryl/α,β-unsaturated/α-hetero) is 1. The zero-order valence-electron chi connectivity index (χ0n) is 32.5. The summed E-state index contributed by atoms with van der Waals surface area (Å²) in [6.45, 7) is 14.6. The Hall–Kier alpha value is -0.737. The van der Waals surface area contributed by atoms with Crippen LogP contribution in [0.4, 0.5) is 4.79 Å². The maximum absolute atomic E-state index is 14.6. The van der Waals surface area contributed by atoms with Crippen molar-refractivity contribution in [3.05, 3.63) is 58.7 Å². The number of benzene rings is 1. The van der Waals surface area contributed by atoms with E-state index in [1.54, 1.807) is 80.5 Å². The van der Waals surface area contributed by atoms with E-state index in [1.807, 2.05) is 0 Å². The second-order valence-electron chi connectivity index (χ2n) is 16.8. The van der Waals surface area contributed by atoms with Crippen LogP contribution in [0.2, 0.25) is 0 Å². The number of carbonyl (C=O) groups excluding carboxylic acids is 4. The van der Waals surface area contributed by atoms with E-state index in [4.69, 9.17) is 18.9 Å². The largest absolute Gasteiger partial charge is 0.456 e. The Balaban J connectivity index is 0.00000392. The van der Waals surface area contributed by atoms with Gasteiger partial charge in [0.1, 0.15) is 35.1 Å². The number of hydrogen-bond donors (Lipinski definition) is 5. The Morgan fingerprint density at radius 1 is 1.04 bits per heavy atom. The third-order valence-corrected chi connectivity index (χ3v) is 11.5. The third kappa shape index (κ3) is 8.66. The van der Waals surface area contributed by atoms with E-state index in [9.17, 15) is 39.6 Å². The minimum atomic E-state index is -2.17. The smallest absolute Gasteiger partial charge is 0.408 e. The van der Waals surface area contributed by atoms with Crippen LogP contribution in [0.25, 0.3) is 0 Å². The molecule has 54 heavy (non-hydrogen) atoms. The fraction of sp³-hybridized carbons (Fsp3) is 0.641. The summed E-state index contributed by atoms with van der Waals surface area (Å²) < 4.78 is 23.2. The normalized spacial score (nSPS) is 33.6. The molecule has 3 aliphatic carbocycles. The van der Waals surface area contributed by atoms with Gasteiger partial charge in [0, 0.05) is 111 Å². The first-order chi connectivity index (χ1) is 24.0. The molecule has 1 aromatic carbocycles. The van der Waals surface area contributed by atoms with Crippen molar-refractivity contribution in [2.75, 3.05) is 6.61 Å². The monoisotopic (exact) mass is 1180 g/mol. The molecular formula is C39H53Ac2NO12. The van der Waals surface area contributed by atoms with E-state index < -0.39 is 100 Å². The molecule has 4 aliphatic rings. The number of carbonyl (C=O) groups is 4. The van der Waals surface area contributed by atoms with Gasteiger partial charge < -0.3 is 44.7 Å². The second-order valence-corrected chi connectivity index (χ2v) is 16.8. The van der Waals surface area contributed by atoms with Crippen molar-refractivity contribution in [2.24, 2.45) is 16.7 Å². The molecule has 15 heteroatoms. The van der Waals surface area contributed by atoms with Crippen LogP contribution in [0.1, 0.15) is 91.9 Å². The van der Waals surface area contributed by atoms with E-state index >= 15 is 0 Å². The maximum atomic E-state index is 14.6. The first-order valence-corrected chi connectivity index (χ1v) is 17.8. The molecule has 5 rings (SSSR count). The number of aliphatic hydroxyl groups is 4. The first-order valence-electron chi connectivity index (χ1n) is 17.8. The molecule has 10 atom stereocenters. The van der Waals surface area contributed by atoms with Gasteiger partial charge in [0.25, 0.3) is 0 Å². The summed E-state index contributed by atoms with van der Waals surface area (Å²) in [4.78, 5) is 54.8. The van der Waals surface area contributed by atoms with E-state index in [-0.39, 0.29) is 118 Å².